The average Bonchev–Trinajstić information content (AvgIpc) is 3.39. The van der Waals surface area contributed by atoms with Gasteiger partial charge in [-0.05, 0) is 24.1 Å². The third kappa shape index (κ3) is 4.69. The molecule has 0 aliphatic heterocycles. The molecule has 30 heavy (non-hydrogen) atoms. The van der Waals surface area contributed by atoms with Gasteiger partial charge < -0.3 is 11.1 Å². The van der Waals surface area contributed by atoms with E-state index in [0.29, 0.717) is 15.3 Å². The van der Waals surface area contributed by atoms with Crippen molar-refractivity contribution in [3.8, 4) is 16.9 Å². The Morgan fingerprint density at radius 3 is 2.57 bits per heavy atom. The van der Waals surface area contributed by atoms with Crippen LogP contribution >= 0.6 is 23.1 Å². The Morgan fingerprint density at radius 2 is 1.90 bits per heavy atom. The van der Waals surface area contributed by atoms with Gasteiger partial charge in [0.2, 0.25) is 11.0 Å². The van der Waals surface area contributed by atoms with Gasteiger partial charge >= 0.3 is 0 Å². The quantitative estimate of drug-likeness (QED) is 0.420. The van der Waals surface area contributed by atoms with Gasteiger partial charge in [0.05, 0.1) is 17.1 Å². The molecule has 152 valence electrons. The topological polar surface area (TPSA) is 98.7 Å². The normalized spacial score (nSPS) is 10.8. The van der Waals surface area contributed by atoms with E-state index in [9.17, 15) is 4.79 Å². The summed E-state index contributed by atoms with van der Waals surface area (Å²) >= 11 is 2.56. The minimum absolute atomic E-state index is 0.154. The van der Waals surface area contributed by atoms with Crippen molar-refractivity contribution in [1.82, 2.24) is 20.0 Å². The van der Waals surface area contributed by atoms with Crippen LogP contribution in [0.5, 0.6) is 0 Å². The second-order valence-electron chi connectivity index (χ2n) is 6.46. The van der Waals surface area contributed by atoms with Crippen molar-refractivity contribution in [2.24, 2.45) is 0 Å². The Kier molecular flexibility index (Phi) is 6.10. The molecule has 0 aliphatic carbocycles. The molecule has 2 aromatic carbocycles. The molecule has 1 amide bonds. The highest BCUT2D eigenvalue weighted by molar-refractivity contribution is 8.01. The summed E-state index contributed by atoms with van der Waals surface area (Å²) in [4.78, 5) is 12.6. The Hall–Kier alpha value is -3.17. The van der Waals surface area contributed by atoms with Crippen LogP contribution in [0.15, 0.2) is 65.0 Å². The van der Waals surface area contributed by atoms with Crippen molar-refractivity contribution in [2.75, 3.05) is 16.8 Å². The summed E-state index contributed by atoms with van der Waals surface area (Å²) in [6.45, 7) is 2.13. The van der Waals surface area contributed by atoms with E-state index in [1.54, 1.807) is 4.68 Å². The first-order chi connectivity index (χ1) is 14.6. The molecule has 0 radical (unpaired) electrons. The molecular formula is C21H20N6OS2. The Balaban J connectivity index is 1.58. The van der Waals surface area contributed by atoms with Crippen molar-refractivity contribution in [2.45, 2.75) is 17.7 Å². The number of rotatable bonds is 7. The average molecular weight is 437 g/mol. The van der Waals surface area contributed by atoms with Crippen LogP contribution in [0.1, 0.15) is 12.5 Å². The lowest BCUT2D eigenvalue weighted by molar-refractivity contribution is -0.113. The fourth-order valence-corrected chi connectivity index (χ4v) is 4.31. The zero-order valence-corrected chi connectivity index (χ0v) is 17.9. The third-order valence-corrected chi connectivity index (χ3v) is 6.27. The summed E-state index contributed by atoms with van der Waals surface area (Å²) < 4.78 is 2.41. The number of carbonyl (C=O) groups excluding carboxylic acids is 1. The molecule has 4 rings (SSSR count). The van der Waals surface area contributed by atoms with E-state index in [1.165, 1.54) is 28.7 Å². The van der Waals surface area contributed by atoms with Gasteiger partial charge in [0.15, 0.2) is 4.34 Å². The van der Waals surface area contributed by atoms with E-state index in [-0.39, 0.29) is 11.7 Å². The minimum atomic E-state index is -0.154. The first-order valence-corrected chi connectivity index (χ1v) is 11.2. The fourth-order valence-electron chi connectivity index (χ4n) is 2.87. The van der Waals surface area contributed by atoms with E-state index >= 15 is 0 Å². The number of hydrogen-bond acceptors (Lipinski definition) is 7. The van der Waals surface area contributed by atoms with Crippen LogP contribution in [0.3, 0.4) is 0 Å². The summed E-state index contributed by atoms with van der Waals surface area (Å²) in [5.41, 5.74) is 9.51. The summed E-state index contributed by atoms with van der Waals surface area (Å²) in [5, 5.41) is 15.8. The molecule has 2 heterocycles. The monoisotopic (exact) mass is 436 g/mol. The lowest BCUT2D eigenvalue weighted by Crippen LogP contribution is -2.16. The number of thioether (sulfide) groups is 1. The molecule has 0 atom stereocenters. The largest absolute Gasteiger partial charge is 0.374 e. The second kappa shape index (κ2) is 9.10. The van der Waals surface area contributed by atoms with Crippen molar-refractivity contribution in [1.29, 1.82) is 0 Å². The smallest absolute Gasteiger partial charge is 0.235 e. The molecule has 0 unspecified atom stereocenters. The van der Waals surface area contributed by atoms with E-state index in [4.69, 9.17) is 10.8 Å². The Labute approximate surface area is 182 Å². The van der Waals surface area contributed by atoms with Gasteiger partial charge in [-0.15, -0.1) is 10.2 Å². The lowest BCUT2D eigenvalue weighted by atomic mass is 10.1. The SMILES string of the molecule is CCc1ccc(-c2cc(NC(=O)CSc3nnc(N)s3)n(-c3ccccc3)n2)cc1. The zero-order chi connectivity index (χ0) is 20.9. The molecule has 4 aromatic rings. The summed E-state index contributed by atoms with van der Waals surface area (Å²) in [6, 6.07) is 19.9. The van der Waals surface area contributed by atoms with Gasteiger partial charge in [-0.3, -0.25) is 4.79 Å². The number of benzene rings is 2. The highest BCUT2D eigenvalue weighted by Crippen LogP contribution is 2.27. The van der Waals surface area contributed by atoms with Gasteiger partial charge in [-0.2, -0.15) is 5.10 Å². The molecule has 7 nitrogen and oxygen atoms in total. The predicted octanol–water partition coefficient (Wildman–Crippen LogP) is 4.27. The van der Waals surface area contributed by atoms with Crippen LogP contribution in [0, 0.1) is 0 Å². The van der Waals surface area contributed by atoms with Crippen LogP contribution in [0.4, 0.5) is 10.9 Å². The molecule has 3 N–H and O–H groups in total. The molecule has 9 heteroatoms. The number of para-hydroxylation sites is 1. The van der Waals surface area contributed by atoms with Crippen LogP contribution < -0.4 is 11.1 Å². The van der Waals surface area contributed by atoms with Crippen molar-refractivity contribution in [3.05, 3.63) is 66.2 Å². The summed E-state index contributed by atoms with van der Waals surface area (Å²) in [6.07, 6.45) is 0.984. The highest BCUT2D eigenvalue weighted by Gasteiger charge is 2.15. The Bertz CT molecular complexity index is 1140. The maximum atomic E-state index is 12.6. The first-order valence-electron chi connectivity index (χ1n) is 9.39. The number of nitrogens with one attached hydrogen (secondary N) is 1. The first kappa shape index (κ1) is 20.1. The minimum Gasteiger partial charge on any atom is -0.374 e. The molecule has 0 saturated heterocycles. The van der Waals surface area contributed by atoms with E-state index < -0.39 is 0 Å². The number of aromatic nitrogens is 4. The van der Waals surface area contributed by atoms with E-state index in [1.807, 2.05) is 36.4 Å². The summed E-state index contributed by atoms with van der Waals surface area (Å²) in [7, 11) is 0. The molecule has 0 fully saturated rings. The molecule has 0 spiro atoms. The molecule has 0 bridgehead atoms. The van der Waals surface area contributed by atoms with E-state index in [0.717, 1.165) is 23.4 Å². The molecule has 0 saturated carbocycles. The third-order valence-electron chi connectivity index (χ3n) is 4.38. The van der Waals surface area contributed by atoms with Gasteiger partial charge in [-0.25, -0.2) is 4.68 Å². The zero-order valence-electron chi connectivity index (χ0n) is 16.3. The maximum Gasteiger partial charge on any atom is 0.235 e. The number of nitrogens with two attached hydrogens (primary N) is 1. The standard InChI is InChI=1S/C21H20N6OS2/c1-2-14-8-10-15(11-9-14)17-12-18(27(26-17)16-6-4-3-5-7-16)23-19(28)13-29-21-25-24-20(22)30-21/h3-12H,2,13H2,1H3,(H2,22,24)(H,23,28). The number of amides is 1. The number of anilines is 2. The molecular weight excluding hydrogens is 416 g/mol. The van der Waals surface area contributed by atoms with Crippen molar-refractivity contribution in [3.63, 3.8) is 0 Å². The van der Waals surface area contributed by atoms with Crippen molar-refractivity contribution < 1.29 is 4.79 Å². The number of nitrogens with zero attached hydrogens (tertiary/aromatic N) is 4. The number of carbonyl (C=O) groups is 1. The van der Waals surface area contributed by atoms with Gasteiger partial charge in [-0.1, -0.05) is 72.5 Å². The highest BCUT2D eigenvalue weighted by atomic mass is 32.2. The van der Waals surface area contributed by atoms with Gasteiger partial charge in [0.25, 0.3) is 0 Å². The number of aryl methyl sites for hydroxylation is 1. The van der Waals surface area contributed by atoms with E-state index in [2.05, 4.69) is 46.7 Å². The fraction of sp³-hybridized carbons (Fsp3) is 0.143. The molecule has 0 aliphatic rings. The predicted molar refractivity (Wildman–Crippen MR) is 122 cm³/mol. The summed E-state index contributed by atoms with van der Waals surface area (Å²) in [5.74, 6) is 0.659. The van der Waals surface area contributed by atoms with Crippen LogP contribution in [0.25, 0.3) is 16.9 Å². The van der Waals surface area contributed by atoms with Crippen molar-refractivity contribution >= 4 is 40.0 Å². The van der Waals surface area contributed by atoms with Crippen LogP contribution in [-0.2, 0) is 11.2 Å². The number of nitrogen functional groups attached to an aromatic ring is 1. The lowest BCUT2D eigenvalue weighted by Gasteiger charge is -2.08. The maximum absolute atomic E-state index is 12.6. The number of hydrogen-bond donors (Lipinski definition) is 2. The van der Waals surface area contributed by atoms with Crippen LogP contribution in [-0.4, -0.2) is 31.6 Å². The second-order valence-corrected chi connectivity index (χ2v) is 8.69. The van der Waals surface area contributed by atoms with Gasteiger partial charge in [0.1, 0.15) is 5.82 Å². The van der Waals surface area contributed by atoms with Gasteiger partial charge in [0, 0.05) is 11.6 Å². The Morgan fingerprint density at radius 1 is 1.13 bits per heavy atom. The van der Waals surface area contributed by atoms with Crippen LogP contribution in [0.2, 0.25) is 0 Å². The molecule has 2 aromatic heterocycles.